The zero-order valence-corrected chi connectivity index (χ0v) is 10.1. The maximum absolute atomic E-state index is 4.98. The van der Waals surface area contributed by atoms with Gasteiger partial charge < -0.3 is 9.84 Å². The van der Waals surface area contributed by atoms with Gasteiger partial charge in [-0.25, -0.2) is 0 Å². The van der Waals surface area contributed by atoms with E-state index >= 15 is 0 Å². The predicted molar refractivity (Wildman–Crippen MR) is 61.0 cm³/mol. The predicted octanol–water partition coefficient (Wildman–Crippen LogP) is 0.809. The van der Waals surface area contributed by atoms with Crippen molar-refractivity contribution in [2.75, 3.05) is 26.7 Å². The molecule has 0 spiro atoms. The van der Waals surface area contributed by atoms with E-state index in [1.807, 2.05) is 14.0 Å². The second kappa shape index (κ2) is 5.41. The van der Waals surface area contributed by atoms with Gasteiger partial charge in [-0.2, -0.15) is 4.98 Å². The second-order valence-electron chi connectivity index (χ2n) is 4.53. The highest BCUT2D eigenvalue weighted by Gasteiger charge is 2.20. The molecule has 16 heavy (non-hydrogen) atoms. The highest BCUT2D eigenvalue weighted by atomic mass is 16.5. The topological polar surface area (TPSA) is 54.2 Å². The number of nitrogens with one attached hydrogen (secondary N) is 1. The van der Waals surface area contributed by atoms with Crippen LogP contribution in [0.3, 0.4) is 0 Å². The molecule has 0 amide bonds. The summed E-state index contributed by atoms with van der Waals surface area (Å²) < 4.78 is 4.98. The molecule has 5 nitrogen and oxygen atoms in total. The van der Waals surface area contributed by atoms with Crippen LogP contribution in [0.4, 0.5) is 0 Å². The van der Waals surface area contributed by atoms with Crippen molar-refractivity contribution >= 4 is 0 Å². The number of aromatic nitrogens is 2. The Kier molecular flexibility index (Phi) is 3.90. The van der Waals surface area contributed by atoms with Gasteiger partial charge in [0.2, 0.25) is 5.89 Å². The highest BCUT2D eigenvalue weighted by molar-refractivity contribution is 4.85. The quantitative estimate of drug-likeness (QED) is 0.820. The molecule has 1 fully saturated rings. The minimum Gasteiger partial charge on any atom is -0.340 e. The van der Waals surface area contributed by atoms with Crippen LogP contribution in [0.1, 0.15) is 24.6 Å². The van der Waals surface area contributed by atoms with E-state index in [1.165, 1.54) is 12.8 Å². The third-order valence-corrected chi connectivity index (χ3v) is 3.03. The summed E-state index contributed by atoms with van der Waals surface area (Å²) in [7, 11) is 2.02. The van der Waals surface area contributed by atoms with Crippen molar-refractivity contribution in [3.63, 3.8) is 0 Å². The molecule has 90 valence electrons. The standard InChI is InChI=1S/C11H20N4O/c1-9-13-11(14-16-9)8-15-5-3-4-10(7-15)6-12-2/h10,12H,3-8H2,1-2H3. The van der Waals surface area contributed by atoms with Gasteiger partial charge in [0.25, 0.3) is 0 Å². The Balaban J connectivity index is 1.85. The third kappa shape index (κ3) is 3.02. The Morgan fingerprint density at radius 2 is 2.44 bits per heavy atom. The Labute approximate surface area is 96.2 Å². The lowest BCUT2D eigenvalue weighted by Crippen LogP contribution is -2.38. The first-order valence-corrected chi connectivity index (χ1v) is 5.94. The average molecular weight is 224 g/mol. The van der Waals surface area contributed by atoms with E-state index in [0.29, 0.717) is 5.89 Å². The molecule has 5 heteroatoms. The van der Waals surface area contributed by atoms with E-state index in [2.05, 4.69) is 20.4 Å². The molecule has 0 aromatic carbocycles. The molecule has 2 rings (SSSR count). The largest absolute Gasteiger partial charge is 0.340 e. The molecule has 1 N–H and O–H groups in total. The van der Waals surface area contributed by atoms with Gasteiger partial charge in [0.15, 0.2) is 5.82 Å². The van der Waals surface area contributed by atoms with E-state index in [4.69, 9.17) is 4.52 Å². The molecule has 0 aliphatic carbocycles. The first-order chi connectivity index (χ1) is 7.78. The zero-order valence-electron chi connectivity index (χ0n) is 10.1. The Morgan fingerprint density at radius 1 is 1.56 bits per heavy atom. The summed E-state index contributed by atoms with van der Waals surface area (Å²) in [4.78, 5) is 6.65. The molecule has 1 atom stereocenters. The fourth-order valence-corrected chi connectivity index (χ4v) is 2.36. The maximum Gasteiger partial charge on any atom is 0.223 e. The summed E-state index contributed by atoms with van der Waals surface area (Å²) >= 11 is 0. The van der Waals surface area contributed by atoms with Gasteiger partial charge in [0.05, 0.1) is 6.54 Å². The van der Waals surface area contributed by atoms with Crippen molar-refractivity contribution in [3.05, 3.63) is 11.7 Å². The first kappa shape index (κ1) is 11.5. The van der Waals surface area contributed by atoms with Crippen LogP contribution in [0, 0.1) is 12.8 Å². The lowest BCUT2D eigenvalue weighted by atomic mass is 9.98. The Bertz CT molecular complexity index is 324. The molecule has 1 aromatic rings. The number of piperidine rings is 1. The number of nitrogens with zero attached hydrogens (tertiary/aromatic N) is 3. The fraction of sp³-hybridized carbons (Fsp3) is 0.818. The SMILES string of the molecule is CNCC1CCCN(Cc2noc(C)n2)C1. The minimum absolute atomic E-state index is 0.652. The van der Waals surface area contributed by atoms with E-state index in [-0.39, 0.29) is 0 Å². The molecule has 0 radical (unpaired) electrons. The van der Waals surface area contributed by atoms with E-state index < -0.39 is 0 Å². The van der Waals surface area contributed by atoms with Crippen LogP contribution in [0.5, 0.6) is 0 Å². The first-order valence-electron chi connectivity index (χ1n) is 5.94. The molecule has 2 heterocycles. The number of rotatable bonds is 4. The highest BCUT2D eigenvalue weighted by Crippen LogP contribution is 2.17. The fourth-order valence-electron chi connectivity index (χ4n) is 2.36. The Hall–Kier alpha value is -0.940. The molecule has 1 saturated heterocycles. The van der Waals surface area contributed by atoms with Crippen molar-refractivity contribution in [2.45, 2.75) is 26.3 Å². The van der Waals surface area contributed by atoms with Gasteiger partial charge >= 0.3 is 0 Å². The molecule has 1 aromatic heterocycles. The molecule has 1 unspecified atom stereocenters. The van der Waals surface area contributed by atoms with Gasteiger partial charge in [-0.15, -0.1) is 0 Å². The van der Waals surface area contributed by atoms with Crippen LogP contribution in [-0.2, 0) is 6.54 Å². The molecule has 1 aliphatic rings. The number of hydrogen-bond acceptors (Lipinski definition) is 5. The summed E-state index contributed by atoms with van der Waals surface area (Å²) in [6, 6.07) is 0. The van der Waals surface area contributed by atoms with Gasteiger partial charge in [0.1, 0.15) is 0 Å². The van der Waals surface area contributed by atoms with Crippen LogP contribution < -0.4 is 5.32 Å². The molecule has 0 saturated carbocycles. The van der Waals surface area contributed by atoms with Crippen LogP contribution in [0.25, 0.3) is 0 Å². The smallest absolute Gasteiger partial charge is 0.223 e. The third-order valence-electron chi connectivity index (χ3n) is 3.03. The Morgan fingerprint density at radius 3 is 3.12 bits per heavy atom. The van der Waals surface area contributed by atoms with Crippen molar-refractivity contribution in [1.82, 2.24) is 20.4 Å². The van der Waals surface area contributed by atoms with Gasteiger partial charge in [0, 0.05) is 13.5 Å². The van der Waals surface area contributed by atoms with Crippen molar-refractivity contribution in [3.8, 4) is 0 Å². The van der Waals surface area contributed by atoms with Crippen LogP contribution in [0.2, 0.25) is 0 Å². The van der Waals surface area contributed by atoms with Crippen molar-refractivity contribution < 1.29 is 4.52 Å². The van der Waals surface area contributed by atoms with Gasteiger partial charge in [-0.3, -0.25) is 4.90 Å². The van der Waals surface area contributed by atoms with E-state index in [0.717, 1.165) is 37.9 Å². The van der Waals surface area contributed by atoms with Crippen molar-refractivity contribution in [1.29, 1.82) is 0 Å². The van der Waals surface area contributed by atoms with Crippen LogP contribution >= 0.6 is 0 Å². The molecular weight excluding hydrogens is 204 g/mol. The summed E-state index contributed by atoms with van der Waals surface area (Å²) in [5.41, 5.74) is 0. The van der Waals surface area contributed by atoms with E-state index in [9.17, 15) is 0 Å². The number of likely N-dealkylation sites (tertiary alicyclic amines) is 1. The monoisotopic (exact) mass is 224 g/mol. The average Bonchev–Trinajstić information content (AvgIpc) is 2.65. The molecule has 0 bridgehead atoms. The van der Waals surface area contributed by atoms with Crippen molar-refractivity contribution in [2.24, 2.45) is 5.92 Å². The summed E-state index contributed by atoms with van der Waals surface area (Å²) in [5.74, 6) is 2.22. The second-order valence-corrected chi connectivity index (χ2v) is 4.53. The van der Waals surface area contributed by atoms with E-state index in [1.54, 1.807) is 0 Å². The zero-order chi connectivity index (χ0) is 11.4. The molecular formula is C11H20N4O. The number of aryl methyl sites for hydroxylation is 1. The molecule has 1 aliphatic heterocycles. The lowest BCUT2D eigenvalue weighted by Gasteiger charge is -2.31. The lowest BCUT2D eigenvalue weighted by molar-refractivity contribution is 0.162. The number of hydrogen-bond donors (Lipinski definition) is 1. The van der Waals surface area contributed by atoms with Crippen LogP contribution in [-0.4, -0.2) is 41.7 Å². The normalized spacial score (nSPS) is 22.5. The maximum atomic E-state index is 4.98. The summed E-state index contributed by atoms with van der Waals surface area (Å²) in [5, 5.41) is 7.19. The minimum atomic E-state index is 0.652. The van der Waals surface area contributed by atoms with Gasteiger partial charge in [-0.1, -0.05) is 5.16 Å². The summed E-state index contributed by atoms with van der Waals surface area (Å²) in [6.45, 7) is 6.03. The van der Waals surface area contributed by atoms with Crippen LogP contribution in [0.15, 0.2) is 4.52 Å². The van der Waals surface area contributed by atoms with Gasteiger partial charge in [-0.05, 0) is 38.9 Å². The summed E-state index contributed by atoms with van der Waals surface area (Å²) in [6.07, 6.45) is 2.59.